The highest BCUT2D eigenvalue weighted by Crippen LogP contribution is 2.17. The molecule has 1 aromatic heterocycles. The maximum absolute atomic E-state index is 11.8. The Morgan fingerprint density at radius 3 is 3.06 bits per heavy atom. The summed E-state index contributed by atoms with van der Waals surface area (Å²) >= 11 is 3.18. The van der Waals surface area contributed by atoms with Gasteiger partial charge in [0.25, 0.3) is 5.56 Å². The van der Waals surface area contributed by atoms with Gasteiger partial charge in [-0.15, -0.1) is 6.42 Å². The van der Waals surface area contributed by atoms with Crippen molar-refractivity contribution < 1.29 is 9.84 Å². The predicted octanol–water partition coefficient (Wildman–Crippen LogP) is 0.0582. The Labute approximate surface area is 113 Å². The first-order valence-electron chi connectivity index (χ1n) is 5.19. The van der Waals surface area contributed by atoms with Crippen molar-refractivity contribution in [3.05, 3.63) is 21.0 Å². The van der Waals surface area contributed by atoms with Crippen LogP contribution < -0.4 is 10.9 Å². The summed E-state index contributed by atoms with van der Waals surface area (Å²) in [6.45, 7) is 0.309. The van der Waals surface area contributed by atoms with Gasteiger partial charge in [0.05, 0.1) is 31.1 Å². The highest BCUT2D eigenvalue weighted by molar-refractivity contribution is 9.10. The normalized spacial score (nSPS) is 11.9. The number of hydrogen-bond donors (Lipinski definition) is 2. The van der Waals surface area contributed by atoms with Crippen molar-refractivity contribution in [3.63, 3.8) is 0 Å². The van der Waals surface area contributed by atoms with Crippen molar-refractivity contribution in [1.82, 2.24) is 9.78 Å². The molecule has 1 rings (SSSR count). The standard InChI is InChI=1S/C11H14BrN3O3/c1-3-4-15-11(17)10(12)9(5-13-15)14-8(6-16)7-18-2/h1,5,8,14,16H,4,6-7H2,2H3. The van der Waals surface area contributed by atoms with E-state index in [9.17, 15) is 4.79 Å². The van der Waals surface area contributed by atoms with Gasteiger partial charge in [-0.2, -0.15) is 5.10 Å². The zero-order chi connectivity index (χ0) is 13.5. The Hall–Kier alpha value is -1.36. The van der Waals surface area contributed by atoms with Crippen LogP contribution in [0.25, 0.3) is 0 Å². The second kappa shape index (κ2) is 7.16. The minimum Gasteiger partial charge on any atom is -0.394 e. The van der Waals surface area contributed by atoms with Crippen molar-refractivity contribution in [2.24, 2.45) is 0 Å². The monoisotopic (exact) mass is 315 g/mol. The molecular formula is C11H14BrN3O3. The minimum atomic E-state index is -0.327. The van der Waals surface area contributed by atoms with E-state index < -0.39 is 0 Å². The van der Waals surface area contributed by atoms with Gasteiger partial charge in [0.2, 0.25) is 0 Å². The van der Waals surface area contributed by atoms with Gasteiger partial charge in [0.15, 0.2) is 0 Å². The first-order chi connectivity index (χ1) is 8.63. The average Bonchev–Trinajstić information content (AvgIpc) is 2.37. The van der Waals surface area contributed by atoms with Gasteiger partial charge in [-0.05, 0) is 15.9 Å². The third-order valence-electron chi connectivity index (χ3n) is 2.17. The fourth-order valence-corrected chi connectivity index (χ4v) is 1.75. The highest BCUT2D eigenvalue weighted by atomic mass is 79.9. The topological polar surface area (TPSA) is 76.4 Å². The number of nitrogens with one attached hydrogen (secondary N) is 1. The lowest BCUT2D eigenvalue weighted by Crippen LogP contribution is -2.31. The summed E-state index contributed by atoms with van der Waals surface area (Å²) in [5.41, 5.74) is 0.163. The summed E-state index contributed by atoms with van der Waals surface area (Å²) in [6, 6.07) is -0.309. The lowest BCUT2D eigenvalue weighted by atomic mass is 10.3. The molecule has 0 saturated heterocycles. The number of aromatic nitrogens is 2. The lowest BCUT2D eigenvalue weighted by Gasteiger charge is -2.17. The van der Waals surface area contributed by atoms with Crippen molar-refractivity contribution in [2.75, 3.05) is 25.6 Å². The van der Waals surface area contributed by atoms with E-state index in [0.29, 0.717) is 16.8 Å². The van der Waals surface area contributed by atoms with Crippen LogP contribution in [0, 0.1) is 12.3 Å². The zero-order valence-corrected chi connectivity index (χ0v) is 11.5. The summed E-state index contributed by atoms with van der Waals surface area (Å²) in [6.07, 6.45) is 6.60. The second-order valence-electron chi connectivity index (χ2n) is 3.52. The van der Waals surface area contributed by atoms with Gasteiger partial charge in [-0.1, -0.05) is 5.92 Å². The Morgan fingerprint density at radius 1 is 1.78 bits per heavy atom. The first-order valence-corrected chi connectivity index (χ1v) is 5.98. The number of ether oxygens (including phenoxy) is 1. The number of halogens is 1. The molecule has 0 bridgehead atoms. The van der Waals surface area contributed by atoms with Crippen LogP contribution in [0.2, 0.25) is 0 Å². The number of methoxy groups -OCH3 is 1. The smallest absolute Gasteiger partial charge is 0.284 e. The molecule has 1 aromatic rings. The van der Waals surface area contributed by atoms with Crippen molar-refractivity contribution in [1.29, 1.82) is 0 Å². The van der Waals surface area contributed by atoms with Gasteiger partial charge >= 0.3 is 0 Å². The molecule has 0 fully saturated rings. The molecule has 18 heavy (non-hydrogen) atoms. The van der Waals surface area contributed by atoms with E-state index >= 15 is 0 Å². The fraction of sp³-hybridized carbons (Fsp3) is 0.455. The van der Waals surface area contributed by atoms with E-state index in [0.717, 1.165) is 0 Å². The second-order valence-corrected chi connectivity index (χ2v) is 4.31. The molecule has 98 valence electrons. The average molecular weight is 316 g/mol. The molecule has 0 aliphatic rings. The van der Waals surface area contributed by atoms with Crippen molar-refractivity contribution >= 4 is 21.6 Å². The maximum atomic E-state index is 11.8. The van der Waals surface area contributed by atoms with Crippen LogP contribution >= 0.6 is 15.9 Å². The van der Waals surface area contributed by atoms with Crippen LogP contribution in [0.3, 0.4) is 0 Å². The molecule has 1 atom stereocenters. The van der Waals surface area contributed by atoms with E-state index in [2.05, 4.69) is 32.3 Å². The van der Waals surface area contributed by atoms with E-state index in [1.807, 2.05) is 0 Å². The molecule has 0 spiro atoms. The number of anilines is 1. The van der Waals surface area contributed by atoms with E-state index in [1.165, 1.54) is 18.0 Å². The van der Waals surface area contributed by atoms with Crippen LogP contribution in [0.4, 0.5) is 5.69 Å². The lowest BCUT2D eigenvalue weighted by molar-refractivity contribution is 0.153. The van der Waals surface area contributed by atoms with Gasteiger partial charge in [-0.25, -0.2) is 4.68 Å². The van der Waals surface area contributed by atoms with Crippen molar-refractivity contribution in [3.8, 4) is 12.3 Å². The van der Waals surface area contributed by atoms with Crippen LogP contribution in [0.1, 0.15) is 0 Å². The van der Waals surface area contributed by atoms with Crippen LogP contribution in [-0.4, -0.2) is 41.3 Å². The molecule has 0 aliphatic heterocycles. The molecule has 7 heteroatoms. The first kappa shape index (κ1) is 14.7. The summed E-state index contributed by atoms with van der Waals surface area (Å²) in [7, 11) is 1.53. The summed E-state index contributed by atoms with van der Waals surface area (Å²) in [4.78, 5) is 11.8. The highest BCUT2D eigenvalue weighted by Gasteiger charge is 2.12. The van der Waals surface area contributed by atoms with Crippen LogP contribution in [0.5, 0.6) is 0 Å². The van der Waals surface area contributed by atoms with E-state index in [1.54, 1.807) is 0 Å². The van der Waals surface area contributed by atoms with Gasteiger partial charge in [0, 0.05) is 7.11 Å². The molecule has 0 aliphatic carbocycles. The maximum Gasteiger partial charge on any atom is 0.284 e. The largest absolute Gasteiger partial charge is 0.394 e. The third kappa shape index (κ3) is 3.57. The van der Waals surface area contributed by atoms with Gasteiger partial charge in [-0.3, -0.25) is 4.79 Å². The summed E-state index contributed by atoms with van der Waals surface area (Å²) in [5, 5.41) is 16.0. The molecule has 0 radical (unpaired) electrons. The van der Waals surface area contributed by atoms with Crippen LogP contribution in [0.15, 0.2) is 15.5 Å². The number of hydrogen-bond acceptors (Lipinski definition) is 5. The molecule has 0 amide bonds. The molecule has 1 unspecified atom stereocenters. The van der Waals surface area contributed by atoms with Crippen molar-refractivity contribution in [2.45, 2.75) is 12.6 Å². The Morgan fingerprint density at radius 2 is 2.50 bits per heavy atom. The third-order valence-corrected chi connectivity index (χ3v) is 2.94. The molecule has 0 aromatic carbocycles. The van der Waals surface area contributed by atoms with Gasteiger partial charge in [0.1, 0.15) is 11.0 Å². The molecule has 0 saturated carbocycles. The number of nitrogens with zero attached hydrogens (tertiary/aromatic N) is 2. The Bertz CT molecular complexity index is 495. The fourth-order valence-electron chi connectivity index (χ4n) is 1.33. The zero-order valence-electron chi connectivity index (χ0n) is 9.89. The van der Waals surface area contributed by atoms with Crippen LogP contribution in [-0.2, 0) is 11.3 Å². The molecule has 6 nitrogen and oxygen atoms in total. The summed E-state index contributed by atoms with van der Waals surface area (Å²) < 4.78 is 6.42. The quantitative estimate of drug-likeness (QED) is 0.726. The Balaban J connectivity index is 2.95. The van der Waals surface area contributed by atoms with Gasteiger partial charge < -0.3 is 15.2 Å². The molecule has 1 heterocycles. The number of rotatable bonds is 6. The Kier molecular flexibility index (Phi) is 5.85. The van der Waals surface area contributed by atoms with E-state index in [-0.39, 0.29) is 24.8 Å². The molecular weight excluding hydrogens is 302 g/mol. The number of terminal acetylenes is 1. The van der Waals surface area contributed by atoms with E-state index in [4.69, 9.17) is 16.3 Å². The SMILES string of the molecule is C#CCn1ncc(NC(CO)COC)c(Br)c1=O. The summed E-state index contributed by atoms with van der Waals surface area (Å²) in [5.74, 6) is 2.34. The number of aliphatic hydroxyl groups is 1. The predicted molar refractivity (Wildman–Crippen MR) is 71.4 cm³/mol. The number of aliphatic hydroxyl groups excluding tert-OH is 1. The minimum absolute atomic E-state index is 0.110. The molecule has 2 N–H and O–H groups in total.